The van der Waals surface area contributed by atoms with Crippen molar-refractivity contribution in [1.82, 2.24) is 0 Å². The van der Waals surface area contributed by atoms with Gasteiger partial charge >= 0.3 is 6.18 Å². The second-order valence-corrected chi connectivity index (χ2v) is 5.38. The second-order valence-electron chi connectivity index (χ2n) is 3.36. The molecule has 98 valence electrons. The first kappa shape index (κ1) is 16.2. The molecule has 0 amide bonds. The van der Waals surface area contributed by atoms with Crippen LogP contribution in [0.4, 0.5) is 13.2 Å². The van der Waals surface area contributed by atoms with Crippen molar-refractivity contribution < 1.29 is 21.6 Å². The summed E-state index contributed by atoms with van der Waals surface area (Å²) >= 11 is 0. The number of alkyl halides is 3. The largest absolute Gasteiger partial charge is 0.407 e. The summed E-state index contributed by atoms with van der Waals surface area (Å²) in [6, 6.07) is 2.25. The van der Waals surface area contributed by atoms with Gasteiger partial charge in [-0.15, -0.1) is 12.4 Å². The molecular formula is C9H11ClF3NO2S. The van der Waals surface area contributed by atoms with Gasteiger partial charge in [0.2, 0.25) is 0 Å². The molecule has 0 aliphatic carbocycles. The predicted octanol–water partition coefficient (Wildman–Crippen LogP) is 2.07. The summed E-state index contributed by atoms with van der Waals surface area (Å²) in [5.74, 6) is 0. The van der Waals surface area contributed by atoms with E-state index < -0.39 is 22.1 Å². The Bertz CT molecular complexity index is 470. The third-order valence-corrected chi connectivity index (χ3v) is 3.15. The number of halogens is 4. The fourth-order valence-electron chi connectivity index (χ4n) is 1.11. The van der Waals surface area contributed by atoms with E-state index in [0.717, 1.165) is 30.5 Å². The van der Waals surface area contributed by atoms with Gasteiger partial charge in [0.1, 0.15) is 6.04 Å². The van der Waals surface area contributed by atoms with E-state index in [4.69, 9.17) is 5.73 Å². The Morgan fingerprint density at radius 3 is 1.88 bits per heavy atom. The lowest BCUT2D eigenvalue weighted by molar-refractivity contribution is -0.149. The average molecular weight is 290 g/mol. The van der Waals surface area contributed by atoms with Crippen LogP contribution in [-0.2, 0) is 9.84 Å². The quantitative estimate of drug-likeness (QED) is 0.907. The highest BCUT2D eigenvalue weighted by Gasteiger charge is 2.37. The van der Waals surface area contributed by atoms with E-state index in [1.54, 1.807) is 0 Å². The predicted molar refractivity (Wildman–Crippen MR) is 59.8 cm³/mol. The third-order valence-electron chi connectivity index (χ3n) is 2.02. The van der Waals surface area contributed by atoms with Crippen LogP contribution < -0.4 is 5.73 Å². The van der Waals surface area contributed by atoms with E-state index in [0.29, 0.717) is 0 Å². The summed E-state index contributed by atoms with van der Waals surface area (Å²) in [5, 5.41) is 0. The van der Waals surface area contributed by atoms with E-state index in [9.17, 15) is 21.6 Å². The van der Waals surface area contributed by atoms with Crippen molar-refractivity contribution in [3.63, 3.8) is 0 Å². The van der Waals surface area contributed by atoms with E-state index in [1.807, 2.05) is 0 Å². The Hall–Kier alpha value is -0.790. The summed E-state index contributed by atoms with van der Waals surface area (Å²) in [6.45, 7) is 0. The Balaban J connectivity index is 0.00000256. The fourth-order valence-corrected chi connectivity index (χ4v) is 1.74. The van der Waals surface area contributed by atoms with E-state index in [-0.39, 0.29) is 22.9 Å². The molecule has 0 radical (unpaired) electrons. The van der Waals surface area contributed by atoms with Crippen molar-refractivity contribution >= 4 is 22.2 Å². The molecule has 0 fully saturated rings. The molecule has 17 heavy (non-hydrogen) atoms. The number of hydrogen-bond acceptors (Lipinski definition) is 3. The zero-order valence-electron chi connectivity index (χ0n) is 8.73. The van der Waals surface area contributed by atoms with Crippen LogP contribution in [0.3, 0.4) is 0 Å². The van der Waals surface area contributed by atoms with E-state index >= 15 is 0 Å². The van der Waals surface area contributed by atoms with Gasteiger partial charge in [-0.3, -0.25) is 0 Å². The van der Waals surface area contributed by atoms with Crippen molar-refractivity contribution in [3.8, 4) is 0 Å². The molecule has 0 bridgehead atoms. The zero-order chi connectivity index (χ0) is 12.6. The molecule has 0 aliphatic rings. The zero-order valence-corrected chi connectivity index (χ0v) is 10.4. The molecular weight excluding hydrogens is 279 g/mol. The first-order valence-electron chi connectivity index (χ1n) is 4.24. The highest BCUT2D eigenvalue weighted by Crippen LogP contribution is 2.30. The maximum absolute atomic E-state index is 12.2. The van der Waals surface area contributed by atoms with E-state index in [1.165, 1.54) is 0 Å². The first-order chi connectivity index (χ1) is 7.12. The van der Waals surface area contributed by atoms with E-state index in [2.05, 4.69) is 0 Å². The summed E-state index contributed by atoms with van der Waals surface area (Å²) in [4.78, 5) is -0.0365. The topological polar surface area (TPSA) is 60.2 Å². The standard InChI is InChI=1S/C9H10F3NO2S.ClH/c1-16(14,15)7-4-2-6(3-5-7)8(13)9(10,11)12;/h2-5,8H,13H2,1H3;1H/t8-;/m0./s1. The van der Waals surface area contributed by atoms with Crippen LogP contribution in [0.1, 0.15) is 11.6 Å². The minimum Gasteiger partial charge on any atom is -0.316 e. The van der Waals surface area contributed by atoms with Gasteiger partial charge in [0.25, 0.3) is 0 Å². The van der Waals surface area contributed by atoms with Crippen LogP contribution in [0.2, 0.25) is 0 Å². The molecule has 1 atom stereocenters. The van der Waals surface area contributed by atoms with Gasteiger partial charge in [-0.2, -0.15) is 13.2 Å². The Labute approximate surface area is 103 Å². The number of hydrogen-bond donors (Lipinski definition) is 1. The second kappa shape index (κ2) is 5.24. The molecule has 3 nitrogen and oxygen atoms in total. The molecule has 1 rings (SSSR count). The SMILES string of the molecule is CS(=O)(=O)c1ccc([C@H](N)C(F)(F)F)cc1.Cl. The first-order valence-corrected chi connectivity index (χ1v) is 6.14. The van der Waals surface area contributed by atoms with Crippen molar-refractivity contribution in [2.45, 2.75) is 17.1 Å². The molecule has 0 spiro atoms. The Morgan fingerprint density at radius 2 is 1.59 bits per heavy atom. The molecule has 0 unspecified atom stereocenters. The molecule has 0 saturated carbocycles. The maximum atomic E-state index is 12.2. The van der Waals surface area contributed by atoms with Crippen LogP contribution in [0.25, 0.3) is 0 Å². The lowest BCUT2D eigenvalue weighted by Gasteiger charge is -2.15. The molecule has 8 heteroatoms. The van der Waals surface area contributed by atoms with Gasteiger partial charge in [0.05, 0.1) is 4.90 Å². The van der Waals surface area contributed by atoms with Crippen LogP contribution in [-0.4, -0.2) is 20.8 Å². The summed E-state index contributed by atoms with van der Waals surface area (Å²) < 4.78 is 58.8. The van der Waals surface area contributed by atoms with Gasteiger partial charge in [-0.1, -0.05) is 12.1 Å². The normalized spacial score (nSPS) is 13.9. The highest BCUT2D eigenvalue weighted by molar-refractivity contribution is 7.90. The van der Waals surface area contributed by atoms with Crippen molar-refractivity contribution in [3.05, 3.63) is 29.8 Å². The number of sulfone groups is 1. The smallest absolute Gasteiger partial charge is 0.316 e. The van der Waals surface area contributed by atoms with Gasteiger partial charge < -0.3 is 5.73 Å². The highest BCUT2D eigenvalue weighted by atomic mass is 35.5. The maximum Gasteiger partial charge on any atom is 0.407 e. The molecule has 0 heterocycles. The summed E-state index contributed by atoms with van der Waals surface area (Å²) in [5.41, 5.74) is 4.79. The van der Waals surface area contributed by atoms with Crippen LogP contribution in [0, 0.1) is 0 Å². The number of rotatable bonds is 2. The molecule has 0 aromatic heterocycles. The van der Waals surface area contributed by atoms with Gasteiger partial charge in [0, 0.05) is 6.26 Å². The van der Waals surface area contributed by atoms with Gasteiger partial charge in [-0.25, -0.2) is 8.42 Å². The molecule has 0 aliphatic heterocycles. The fraction of sp³-hybridized carbons (Fsp3) is 0.333. The van der Waals surface area contributed by atoms with Gasteiger partial charge in [-0.05, 0) is 17.7 Å². The third kappa shape index (κ3) is 4.18. The molecule has 2 N–H and O–H groups in total. The van der Waals surface area contributed by atoms with Gasteiger partial charge in [0.15, 0.2) is 9.84 Å². The minimum absolute atomic E-state index is 0. The van der Waals surface area contributed by atoms with Crippen LogP contribution in [0.5, 0.6) is 0 Å². The Morgan fingerprint density at radius 1 is 1.18 bits per heavy atom. The minimum atomic E-state index is -4.54. The lowest BCUT2D eigenvalue weighted by atomic mass is 10.1. The van der Waals surface area contributed by atoms with Crippen LogP contribution >= 0.6 is 12.4 Å². The van der Waals surface area contributed by atoms with Crippen molar-refractivity contribution in [2.75, 3.05) is 6.26 Å². The molecule has 1 aromatic carbocycles. The van der Waals surface area contributed by atoms with Crippen molar-refractivity contribution in [1.29, 1.82) is 0 Å². The monoisotopic (exact) mass is 289 g/mol. The van der Waals surface area contributed by atoms with Crippen LogP contribution in [0.15, 0.2) is 29.2 Å². The number of nitrogens with two attached hydrogens (primary N) is 1. The lowest BCUT2D eigenvalue weighted by Crippen LogP contribution is -2.28. The summed E-state index contributed by atoms with van der Waals surface area (Å²) in [7, 11) is -3.40. The van der Waals surface area contributed by atoms with Crippen molar-refractivity contribution in [2.24, 2.45) is 5.73 Å². The average Bonchev–Trinajstić information content (AvgIpc) is 2.14. The molecule has 1 aromatic rings. The Kier molecular flexibility index (Phi) is 5.00. The summed E-state index contributed by atoms with van der Waals surface area (Å²) in [6.07, 6.45) is -3.56. The number of benzene rings is 1. The molecule has 0 saturated heterocycles.